The number of benzene rings is 1. The minimum absolute atomic E-state index is 0.0604. The van der Waals surface area contributed by atoms with Gasteiger partial charge in [-0.1, -0.05) is 23.7 Å². The smallest absolute Gasteiger partial charge is 0.417 e. The highest BCUT2D eigenvalue weighted by atomic mass is 35.5. The van der Waals surface area contributed by atoms with Crippen LogP contribution in [-0.2, 0) is 15.7 Å². The fourth-order valence-corrected chi connectivity index (χ4v) is 2.97. The Bertz CT molecular complexity index is 1110. The number of ether oxygens (including phenoxy) is 1. The van der Waals surface area contributed by atoms with Crippen molar-refractivity contribution in [2.75, 3.05) is 6.61 Å². The van der Waals surface area contributed by atoms with Crippen molar-refractivity contribution in [3.05, 3.63) is 76.2 Å². The van der Waals surface area contributed by atoms with Gasteiger partial charge in [-0.15, -0.1) is 0 Å². The molecule has 1 unspecified atom stereocenters. The van der Waals surface area contributed by atoms with Gasteiger partial charge in [-0.05, 0) is 43.7 Å². The Morgan fingerprint density at radius 2 is 1.84 bits per heavy atom. The second-order valence-corrected chi connectivity index (χ2v) is 7.31. The Morgan fingerprint density at radius 1 is 1.16 bits per heavy atom. The molecule has 1 N–H and O–H groups in total. The second kappa shape index (κ2) is 9.39. The number of carbonyl (C=O) groups is 2. The molecule has 1 amide bonds. The molecule has 0 fully saturated rings. The first-order valence-electron chi connectivity index (χ1n) is 9.36. The first-order chi connectivity index (χ1) is 15.1. The van der Waals surface area contributed by atoms with Crippen LogP contribution in [0.1, 0.15) is 40.1 Å². The van der Waals surface area contributed by atoms with Gasteiger partial charge in [0, 0.05) is 11.2 Å². The highest BCUT2D eigenvalue weighted by molar-refractivity contribution is 6.30. The SMILES string of the molecule is Cc1c(C(=O)OCC(=O)NC(C)c2ccc(Cl)cc2)cnn1-c1ccc(C(F)(F)F)cn1. The highest BCUT2D eigenvalue weighted by Crippen LogP contribution is 2.28. The molecule has 3 aromatic rings. The topological polar surface area (TPSA) is 86.1 Å². The van der Waals surface area contributed by atoms with Gasteiger partial charge in [0.2, 0.25) is 0 Å². The summed E-state index contributed by atoms with van der Waals surface area (Å²) >= 11 is 5.84. The molecule has 7 nitrogen and oxygen atoms in total. The number of amides is 1. The lowest BCUT2D eigenvalue weighted by molar-refractivity contribution is -0.137. The van der Waals surface area contributed by atoms with E-state index >= 15 is 0 Å². The Hall–Kier alpha value is -3.40. The summed E-state index contributed by atoms with van der Waals surface area (Å²) < 4.78 is 44.3. The molecular formula is C21H18ClF3N4O3. The van der Waals surface area contributed by atoms with Crippen LogP contribution < -0.4 is 5.32 Å². The third kappa shape index (κ3) is 5.44. The predicted octanol–water partition coefficient (Wildman–Crippen LogP) is 4.28. The lowest BCUT2D eigenvalue weighted by Gasteiger charge is -2.14. The minimum atomic E-state index is -4.51. The number of hydrogen-bond donors (Lipinski definition) is 1. The van der Waals surface area contributed by atoms with E-state index in [4.69, 9.17) is 16.3 Å². The van der Waals surface area contributed by atoms with E-state index in [-0.39, 0.29) is 17.4 Å². The fraction of sp³-hybridized carbons (Fsp3) is 0.238. The van der Waals surface area contributed by atoms with Crippen LogP contribution in [-0.4, -0.2) is 33.2 Å². The van der Waals surface area contributed by atoms with Crippen molar-refractivity contribution in [1.82, 2.24) is 20.1 Å². The molecule has 0 aliphatic heterocycles. The Labute approximate surface area is 186 Å². The maximum atomic E-state index is 12.7. The van der Waals surface area contributed by atoms with Crippen molar-refractivity contribution in [3.63, 3.8) is 0 Å². The van der Waals surface area contributed by atoms with Crippen molar-refractivity contribution in [3.8, 4) is 5.82 Å². The summed E-state index contributed by atoms with van der Waals surface area (Å²) in [6, 6.07) is 8.63. The van der Waals surface area contributed by atoms with Crippen LogP contribution in [0.4, 0.5) is 13.2 Å². The minimum Gasteiger partial charge on any atom is -0.452 e. The van der Waals surface area contributed by atoms with Gasteiger partial charge in [-0.2, -0.15) is 18.3 Å². The fourth-order valence-electron chi connectivity index (χ4n) is 2.85. The van der Waals surface area contributed by atoms with Crippen molar-refractivity contribution >= 4 is 23.5 Å². The van der Waals surface area contributed by atoms with Gasteiger partial charge in [0.1, 0.15) is 5.56 Å². The number of carbonyl (C=O) groups excluding carboxylic acids is 2. The molecule has 1 atom stereocenters. The van der Waals surface area contributed by atoms with Crippen LogP contribution in [0, 0.1) is 6.92 Å². The highest BCUT2D eigenvalue weighted by Gasteiger charge is 2.31. The van der Waals surface area contributed by atoms with E-state index in [0.29, 0.717) is 16.9 Å². The number of nitrogens with one attached hydrogen (secondary N) is 1. The average Bonchev–Trinajstić information content (AvgIpc) is 3.13. The molecule has 2 heterocycles. The van der Waals surface area contributed by atoms with Gasteiger partial charge in [0.25, 0.3) is 5.91 Å². The molecular weight excluding hydrogens is 449 g/mol. The van der Waals surface area contributed by atoms with Crippen molar-refractivity contribution in [2.45, 2.75) is 26.1 Å². The number of rotatable bonds is 6. The van der Waals surface area contributed by atoms with E-state index in [1.54, 1.807) is 31.2 Å². The predicted molar refractivity (Wildman–Crippen MR) is 109 cm³/mol. The van der Waals surface area contributed by atoms with E-state index in [1.807, 2.05) is 0 Å². The van der Waals surface area contributed by atoms with Crippen LogP contribution in [0.2, 0.25) is 5.02 Å². The molecule has 2 aromatic heterocycles. The standard InChI is InChI=1S/C21H18ClF3N4O3/c1-12(14-3-6-16(22)7-4-14)28-19(30)11-32-20(31)17-10-27-29(13(17)2)18-8-5-15(9-26-18)21(23,24)25/h3-10,12H,11H2,1-2H3,(H,28,30). The molecule has 11 heteroatoms. The molecule has 168 valence electrons. The van der Waals surface area contributed by atoms with Crippen LogP contribution in [0.15, 0.2) is 48.8 Å². The zero-order chi connectivity index (χ0) is 23.5. The van der Waals surface area contributed by atoms with Crippen molar-refractivity contribution < 1.29 is 27.5 Å². The quantitative estimate of drug-likeness (QED) is 0.548. The molecule has 0 spiro atoms. The molecule has 0 saturated carbocycles. The summed E-state index contributed by atoms with van der Waals surface area (Å²) in [5.41, 5.74) is 0.294. The zero-order valence-corrected chi connectivity index (χ0v) is 17.7. The summed E-state index contributed by atoms with van der Waals surface area (Å²) in [7, 11) is 0. The molecule has 0 aliphatic carbocycles. The van der Waals surface area contributed by atoms with Crippen LogP contribution in [0.3, 0.4) is 0 Å². The van der Waals surface area contributed by atoms with E-state index < -0.39 is 30.2 Å². The molecule has 0 saturated heterocycles. The normalized spacial score (nSPS) is 12.3. The maximum absolute atomic E-state index is 12.7. The van der Waals surface area contributed by atoms with Crippen LogP contribution in [0.25, 0.3) is 5.82 Å². The number of alkyl halides is 3. The number of nitrogens with zero attached hydrogens (tertiary/aromatic N) is 3. The van der Waals surface area contributed by atoms with E-state index in [1.165, 1.54) is 17.8 Å². The summed E-state index contributed by atoms with van der Waals surface area (Å²) in [5.74, 6) is -1.20. The average molecular weight is 467 g/mol. The Kier molecular flexibility index (Phi) is 6.83. The zero-order valence-electron chi connectivity index (χ0n) is 17.0. The summed E-state index contributed by atoms with van der Waals surface area (Å²) in [4.78, 5) is 28.2. The van der Waals surface area contributed by atoms with Crippen LogP contribution in [0.5, 0.6) is 0 Å². The van der Waals surface area contributed by atoms with E-state index in [0.717, 1.165) is 17.7 Å². The Balaban J connectivity index is 1.60. The van der Waals surface area contributed by atoms with Gasteiger partial charge in [0.15, 0.2) is 12.4 Å². The molecule has 32 heavy (non-hydrogen) atoms. The van der Waals surface area contributed by atoms with Gasteiger partial charge in [-0.3, -0.25) is 4.79 Å². The first kappa shape index (κ1) is 23.3. The first-order valence-corrected chi connectivity index (χ1v) is 9.74. The van der Waals surface area contributed by atoms with Gasteiger partial charge in [0.05, 0.1) is 23.5 Å². The molecule has 0 radical (unpaired) electrons. The largest absolute Gasteiger partial charge is 0.452 e. The van der Waals surface area contributed by atoms with Gasteiger partial charge < -0.3 is 10.1 Å². The van der Waals surface area contributed by atoms with Crippen molar-refractivity contribution in [1.29, 1.82) is 0 Å². The number of halogens is 4. The van der Waals surface area contributed by atoms with E-state index in [2.05, 4.69) is 15.4 Å². The third-order valence-corrected chi connectivity index (χ3v) is 4.86. The summed E-state index contributed by atoms with van der Waals surface area (Å²) in [6.07, 6.45) is -2.63. The number of hydrogen-bond acceptors (Lipinski definition) is 5. The van der Waals surface area contributed by atoms with E-state index in [9.17, 15) is 22.8 Å². The molecule has 3 rings (SSSR count). The monoisotopic (exact) mass is 466 g/mol. The Morgan fingerprint density at radius 3 is 2.44 bits per heavy atom. The lowest BCUT2D eigenvalue weighted by Crippen LogP contribution is -2.31. The molecule has 0 bridgehead atoms. The maximum Gasteiger partial charge on any atom is 0.417 e. The van der Waals surface area contributed by atoms with Crippen LogP contribution >= 0.6 is 11.6 Å². The number of pyridine rings is 1. The van der Waals surface area contributed by atoms with Gasteiger partial charge in [-0.25, -0.2) is 14.5 Å². The van der Waals surface area contributed by atoms with Crippen molar-refractivity contribution in [2.24, 2.45) is 0 Å². The van der Waals surface area contributed by atoms with Gasteiger partial charge >= 0.3 is 12.1 Å². The second-order valence-electron chi connectivity index (χ2n) is 6.88. The molecule has 1 aromatic carbocycles. The molecule has 0 aliphatic rings. The third-order valence-electron chi connectivity index (χ3n) is 4.60. The summed E-state index contributed by atoms with van der Waals surface area (Å²) in [6.45, 7) is 2.79. The lowest BCUT2D eigenvalue weighted by atomic mass is 10.1. The number of aromatic nitrogens is 3. The summed E-state index contributed by atoms with van der Waals surface area (Å²) in [5, 5.41) is 7.26. The number of esters is 1.